The van der Waals surface area contributed by atoms with Crippen LogP contribution in [-0.4, -0.2) is 47.0 Å². The number of aryl methyl sites for hydroxylation is 2. The van der Waals surface area contributed by atoms with Crippen LogP contribution in [0.3, 0.4) is 0 Å². The van der Waals surface area contributed by atoms with Gasteiger partial charge in [0.25, 0.3) is 0 Å². The van der Waals surface area contributed by atoms with E-state index in [4.69, 9.17) is 4.74 Å². The molecule has 0 spiro atoms. The first-order chi connectivity index (χ1) is 18.2. The third-order valence-corrected chi connectivity index (χ3v) is 7.08. The standard InChI is InChI=1S/C32H55N3O4/c1-11-14-15-16-20-35(30(37)27(23(5)13-3)34-31(38)39-32(8,9)10)28(29(36)33-25(7)17-12-2)26-19-18-22(4)21-24(26)6/h18-19,21,23,25,27-28H,11-17,20H2,1-10H3,(H,33,36)(H,34,38). The van der Waals surface area contributed by atoms with Crippen LogP contribution < -0.4 is 10.6 Å². The molecule has 0 aliphatic carbocycles. The molecular weight excluding hydrogens is 490 g/mol. The van der Waals surface area contributed by atoms with Crippen molar-refractivity contribution in [1.82, 2.24) is 15.5 Å². The van der Waals surface area contributed by atoms with Gasteiger partial charge in [-0.2, -0.15) is 0 Å². The molecule has 4 atom stereocenters. The number of carbonyl (C=O) groups is 3. The number of unbranched alkanes of at least 4 members (excludes halogenated alkanes) is 3. The van der Waals surface area contributed by atoms with Crippen molar-refractivity contribution in [3.8, 4) is 0 Å². The average Bonchev–Trinajstić information content (AvgIpc) is 2.83. The van der Waals surface area contributed by atoms with Gasteiger partial charge in [-0.1, -0.05) is 83.6 Å². The third kappa shape index (κ3) is 11.6. The summed E-state index contributed by atoms with van der Waals surface area (Å²) in [5.41, 5.74) is 2.18. The number of alkyl carbamates (subject to hydrolysis) is 1. The van der Waals surface area contributed by atoms with E-state index in [2.05, 4.69) is 30.5 Å². The minimum atomic E-state index is -0.815. The molecule has 4 unspecified atom stereocenters. The van der Waals surface area contributed by atoms with E-state index in [0.29, 0.717) is 13.0 Å². The van der Waals surface area contributed by atoms with Crippen molar-refractivity contribution >= 4 is 17.9 Å². The maximum Gasteiger partial charge on any atom is 0.408 e. The average molecular weight is 546 g/mol. The van der Waals surface area contributed by atoms with Crippen molar-refractivity contribution in [1.29, 1.82) is 0 Å². The number of carbonyl (C=O) groups excluding carboxylic acids is 3. The number of hydrogen-bond donors (Lipinski definition) is 2. The Bertz CT molecular complexity index is 924. The van der Waals surface area contributed by atoms with Gasteiger partial charge in [-0.15, -0.1) is 0 Å². The molecule has 7 heteroatoms. The number of nitrogens with zero attached hydrogens (tertiary/aromatic N) is 1. The van der Waals surface area contributed by atoms with Crippen molar-refractivity contribution in [2.75, 3.05) is 6.54 Å². The highest BCUT2D eigenvalue weighted by atomic mass is 16.6. The topological polar surface area (TPSA) is 87.7 Å². The van der Waals surface area contributed by atoms with Gasteiger partial charge in [-0.25, -0.2) is 4.79 Å². The first kappa shape index (κ1) is 34.5. The molecule has 0 aromatic heterocycles. The van der Waals surface area contributed by atoms with Gasteiger partial charge in [0.1, 0.15) is 17.7 Å². The van der Waals surface area contributed by atoms with Gasteiger partial charge < -0.3 is 20.3 Å². The molecule has 0 fully saturated rings. The largest absolute Gasteiger partial charge is 0.444 e. The fourth-order valence-corrected chi connectivity index (χ4v) is 4.78. The fraction of sp³-hybridized carbons (Fsp3) is 0.719. The summed E-state index contributed by atoms with van der Waals surface area (Å²) in [5, 5.41) is 6.02. The van der Waals surface area contributed by atoms with E-state index in [1.807, 2.05) is 46.8 Å². The highest BCUT2D eigenvalue weighted by molar-refractivity contribution is 5.92. The summed E-state index contributed by atoms with van der Waals surface area (Å²) in [5.74, 6) is -0.591. The van der Waals surface area contributed by atoms with E-state index in [1.165, 1.54) is 0 Å². The lowest BCUT2D eigenvalue weighted by Crippen LogP contribution is -2.56. The summed E-state index contributed by atoms with van der Waals surface area (Å²) in [6.45, 7) is 20.0. The quantitative estimate of drug-likeness (QED) is 0.232. The second-order valence-corrected chi connectivity index (χ2v) is 12.1. The van der Waals surface area contributed by atoms with Crippen LogP contribution >= 0.6 is 0 Å². The first-order valence-corrected chi connectivity index (χ1v) is 14.9. The zero-order chi connectivity index (χ0) is 29.8. The Kier molecular flexibility index (Phi) is 14.6. The van der Waals surface area contributed by atoms with E-state index in [0.717, 1.165) is 55.2 Å². The molecule has 7 nitrogen and oxygen atoms in total. The highest BCUT2D eigenvalue weighted by Gasteiger charge is 2.38. The van der Waals surface area contributed by atoms with Gasteiger partial charge in [-0.05, 0) is 71.4 Å². The van der Waals surface area contributed by atoms with Crippen LogP contribution in [0.1, 0.15) is 123 Å². The first-order valence-electron chi connectivity index (χ1n) is 14.9. The molecule has 0 radical (unpaired) electrons. The SMILES string of the molecule is CCCCCCN(C(=O)C(NC(=O)OC(C)(C)C)C(C)CC)C(C(=O)NC(C)CCC)c1ccc(C)cc1C. The van der Waals surface area contributed by atoms with Crippen molar-refractivity contribution in [3.63, 3.8) is 0 Å². The normalized spacial score (nSPS) is 14.6. The zero-order valence-electron chi connectivity index (χ0n) is 26.3. The van der Waals surface area contributed by atoms with Crippen molar-refractivity contribution < 1.29 is 19.1 Å². The van der Waals surface area contributed by atoms with Crippen LogP contribution in [0.2, 0.25) is 0 Å². The minimum Gasteiger partial charge on any atom is -0.444 e. The second-order valence-electron chi connectivity index (χ2n) is 12.1. The van der Waals surface area contributed by atoms with Crippen LogP contribution in [0.25, 0.3) is 0 Å². The maximum absolute atomic E-state index is 14.4. The third-order valence-electron chi connectivity index (χ3n) is 7.08. The lowest BCUT2D eigenvalue weighted by Gasteiger charge is -2.37. The highest BCUT2D eigenvalue weighted by Crippen LogP contribution is 2.28. The summed E-state index contributed by atoms with van der Waals surface area (Å²) < 4.78 is 5.51. The molecule has 0 aliphatic rings. The molecule has 0 heterocycles. The fourth-order valence-electron chi connectivity index (χ4n) is 4.78. The van der Waals surface area contributed by atoms with Gasteiger partial charge in [0.05, 0.1) is 0 Å². The van der Waals surface area contributed by atoms with Crippen LogP contribution in [0.15, 0.2) is 18.2 Å². The summed E-state index contributed by atoms with van der Waals surface area (Å²) in [4.78, 5) is 42.9. The molecule has 0 saturated carbocycles. The Morgan fingerprint density at radius 3 is 2.15 bits per heavy atom. The molecule has 1 rings (SSSR count). The Balaban J connectivity index is 3.60. The maximum atomic E-state index is 14.4. The number of amides is 3. The molecule has 222 valence electrons. The van der Waals surface area contributed by atoms with Crippen LogP contribution in [0.4, 0.5) is 4.79 Å². The molecule has 2 N–H and O–H groups in total. The molecule has 1 aromatic rings. The van der Waals surface area contributed by atoms with E-state index < -0.39 is 23.8 Å². The zero-order valence-corrected chi connectivity index (χ0v) is 26.3. The summed E-state index contributed by atoms with van der Waals surface area (Å²) in [7, 11) is 0. The smallest absolute Gasteiger partial charge is 0.408 e. The second kappa shape index (κ2) is 16.5. The number of ether oxygens (including phenoxy) is 1. The Labute approximate surface area is 237 Å². The van der Waals surface area contributed by atoms with Crippen molar-refractivity contribution in [2.24, 2.45) is 5.92 Å². The van der Waals surface area contributed by atoms with E-state index >= 15 is 0 Å². The van der Waals surface area contributed by atoms with Crippen LogP contribution in [0, 0.1) is 19.8 Å². The number of hydrogen-bond acceptors (Lipinski definition) is 4. The number of nitrogens with one attached hydrogen (secondary N) is 2. The van der Waals surface area contributed by atoms with E-state index in [-0.39, 0.29) is 23.8 Å². The minimum absolute atomic E-state index is 0.0157. The van der Waals surface area contributed by atoms with Crippen LogP contribution in [-0.2, 0) is 14.3 Å². The molecule has 0 aliphatic heterocycles. The molecule has 3 amide bonds. The van der Waals surface area contributed by atoms with Crippen molar-refractivity contribution in [2.45, 2.75) is 138 Å². The van der Waals surface area contributed by atoms with E-state index in [1.54, 1.807) is 25.7 Å². The van der Waals surface area contributed by atoms with Gasteiger partial charge in [0.2, 0.25) is 11.8 Å². The Morgan fingerprint density at radius 1 is 0.949 bits per heavy atom. The van der Waals surface area contributed by atoms with Gasteiger partial charge in [0, 0.05) is 12.6 Å². The lowest BCUT2D eigenvalue weighted by molar-refractivity contribution is -0.143. The molecule has 0 saturated heterocycles. The molecule has 1 aromatic carbocycles. The Morgan fingerprint density at radius 2 is 1.62 bits per heavy atom. The van der Waals surface area contributed by atoms with Gasteiger partial charge in [0.15, 0.2) is 0 Å². The van der Waals surface area contributed by atoms with Crippen LogP contribution in [0.5, 0.6) is 0 Å². The Hall–Kier alpha value is -2.57. The number of rotatable bonds is 15. The molecule has 39 heavy (non-hydrogen) atoms. The summed E-state index contributed by atoms with van der Waals surface area (Å²) >= 11 is 0. The monoisotopic (exact) mass is 545 g/mol. The van der Waals surface area contributed by atoms with E-state index in [9.17, 15) is 14.4 Å². The number of benzene rings is 1. The lowest BCUT2D eigenvalue weighted by atomic mass is 9.93. The summed E-state index contributed by atoms with van der Waals surface area (Å²) in [6.07, 6.45) is 5.72. The van der Waals surface area contributed by atoms with Crippen molar-refractivity contribution in [3.05, 3.63) is 34.9 Å². The van der Waals surface area contributed by atoms with Gasteiger partial charge in [-0.3, -0.25) is 9.59 Å². The molecule has 0 bridgehead atoms. The van der Waals surface area contributed by atoms with Gasteiger partial charge >= 0.3 is 6.09 Å². The summed E-state index contributed by atoms with van der Waals surface area (Å²) in [6, 6.07) is 4.37. The molecular formula is C32H55N3O4. The predicted octanol–water partition coefficient (Wildman–Crippen LogP) is 7.00. The predicted molar refractivity (Wildman–Crippen MR) is 160 cm³/mol.